The number of aliphatic hydroxyl groups excluding tert-OH is 1. The van der Waals surface area contributed by atoms with E-state index in [1.165, 1.54) is 5.56 Å². The van der Waals surface area contributed by atoms with Crippen LogP contribution in [-0.2, 0) is 6.54 Å². The van der Waals surface area contributed by atoms with Crippen molar-refractivity contribution in [3.8, 4) is 11.1 Å². The zero-order valence-electron chi connectivity index (χ0n) is 21.7. The van der Waals surface area contributed by atoms with Gasteiger partial charge in [0.25, 0.3) is 0 Å². The number of aromatic nitrogens is 4. The number of likely N-dealkylation sites (N-methyl/N-ethyl adjacent to an activating group) is 1. The number of nitrogens with one attached hydrogen (secondary N) is 2. The van der Waals surface area contributed by atoms with Crippen molar-refractivity contribution in [2.45, 2.75) is 44.4 Å². The molecule has 4 aromatic rings. The Kier molecular flexibility index (Phi) is 7.46. The van der Waals surface area contributed by atoms with Gasteiger partial charge in [-0.1, -0.05) is 17.4 Å². The number of pyridine rings is 1. The van der Waals surface area contributed by atoms with Gasteiger partial charge in [0.05, 0.1) is 16.3 Å². The van der Waals surface area contributed by atoms with E-state index in [1.54, 1.807) is 17.5 Å². The summed E-state index contributed by atoms with van der Waals surface area (Å²) in [4.78, 5) is 23.2. The number of hydrogen-bond acceptors (Lipinski definition) is 10. The molecule has 0 radical (unpaired) electrons. The Balaban J connectivity index is 1.14. The van der Waals surface area contributed by atoms with Crippen molar-refractivity contribution in [1.29, 1.82) is 0 Å². The van der Waals surface area contributed by atoms with Crippen molar-refractivity contribution in [1.82, 2.24) is 29.7 Å². The first-order valence-electron chi connectivity index (χ1n) is 13.4. The number of benzene rings is 1. The van der Waals surface area contributed by atoms with Gasteiger partial charge in [-0.25, -0.2) is 9.97 Å². The van der Waals surface area contributed by atoms with E-state index in [0.29, 0.717) is 17.8 Å². The minimum atomic E-state index is -0.177. The van der Waals surface area contributed by atoms with Crippen LogP contribution in [0.5, 0.6) is 0 Å². The highest BCUT2D eigenvalue weighted by Gasteiger charge is 2.20. The van der Waals surface area contributed by atoms with E-state index in [-0.39, 0.29) is 6.10 Å². The summed E-state index contributed by atoms with van der Waals surface area (Å²) in [5.74, 6) is 1.31. The molecule has 1 aliphatic heterocycles. The Bertz CT molecular complexity index is 1380. The molecular formula is C28H34N8OS. The first kappa shape index (κ1) is 25.1. The number of fused-ring (bicyclic) bond motifs is 1. The largest absolute Gasteiger partial charge is 0.393 e. The summed E-state index contributed by atoms with van der Waals surface area (Å²) in [7, 11) is 2.18. The van der Waals surface area contributed by atoms with Crippen LogP contribution in [0.2, 0.25) is 0 Å². The van der Waals surface area contributed by atoms with Crippen molar-refractivity contribution in [2.75, 3.05) is 43.9 Å². The van der Waals surface area contributed by atoms with E-state index in [1.807, 2.05) is 18.5 Å². The second-order valence-electron chi connectivity index (χ2n) is 10.4. The monoisotopic (exact) mass is 530 g/mol. The van der Waals surface area contributed by atoms with Crippen LogP contribution in [0.15, 0.2) is 48.9 Å². The molecular weight excluding hydrogens is 496 g/mol. The zero-order valence-corrected chi connectivity index (χ0v) is 22.5. The maximum atomic E-state index is 9.74. The highest BCUT2D eigenvalue weighted by atomic mass is 32.1. The summed E-state index contributed by atoms with van der Waals surface area (Å²) in [6, 6.07) is 10.8. The van der Waals surface area contributed by atoms with Gasteiger partial charge in [-0.05, 0) is 68.1 Å². The Hall–Kier alpha value is -3.18. The quantitative estimate of drug-likeness (QED) is 0.322. The van der Waals surface area contributed by atoms with Crippen LogP contribution in [0.25, 0.3) is 21.3 Å². The number of piperazine rings is 1. The molecule has 6 rings (SSSR count). The van der Waals surface area contributed by atoms with E-state index in [4.69, 9.17) is 4.98 Å². The number of hydrogen-bond donors (Lipinski definition) is 3. The SMILES string of the molecule is CN1CCN(Cc2cncc(-c3ccc4nc(Nc5ccnc(NC6CCC(O)CC6)n5)sc4c3)c2)CC1. The van der Waals surface area contributed by atoms with Gasteiger partial charge in [-0.2, -0.15) is 4.98 Å². The predicted octanol–water partition coefficient (Wildman–Crippen LogP) is 4.35. The standard InChI is InChI=1S/C28H34N8OS/c1-35-10-12-36(13-11-35)18-19-14-21(17-29-16-19)20-2-7-24-25(15-20)38-28(32-24)34-26-8-9-30-27(33-26)31-22-3-5-23(37)6-4-22/h2,7-9,14-17,22-23,37H,3-6,10-13,18H2,1H3,(H2,30,31,32,33,34). The number of anilines is 3. The van der Waals surface area contributed by atoms with Gasteiger partial charge in [0.15, 0.2) is 5.13 Å². The van der Waals surface area contributed by atoms with Gasteiger partial charge in [-0.3, -0.25) is 9.88 Å². The van der Waals surface area contributed by atoms with Crippen LogP contribution < -0.4 is 10.6 Å². The summed E-state index contributed by atoms with van der Waals surface area (Å²) in [5, 5.41) is 17.3. The van der Waals surface area contributed by atoms with Gasteiger partial charge in [-0.15, -0.1) is 0 Å². The van der Waals surface area contributed by atoms with Crippen LogP contribution in [-0.4, -0.2) is 80.2 Å². The molecule has 198 valence electrons. The highest BCUT2D eigenvalue weighted by Crippen LogP contribution is 2.32. The van der Waals surface area contributed by atoms with Crippen molar-refractivity contribution >= 4 is 38.5 Å². The van der Waals surface area contributed by atoms with Gasteiger partial charge < -0.3 is 20.6 Å². The van der Waals surface area contributed by atoms with Gasteiger partial charge >= 0.3 is 0 Å². The molecule has 0 bridgehead atoms. The molecule has 3 N–H and O–H groups in total. The lowest BCUT2D eigenvalue weighted by atomic mass is 9.93. The third-order valence-electron chi connectivity index (χ3n) is 7.44. The van der Waals surface area contributed by atoms with E-state index >= 15 is 0 Å². The number of nitrogens with zero attached hydrogens (tertiary/aromatic N) is 6. The number of thiazole rings is 1. The lowest BCUT2D eigenvalue weighted by Crippen LogP contribution is -2.43. The molecule has 1 saturated carbocycles. The summed E-state index contributed by atoms with van der Waals surface area (Å²) >= 11 is 1.61. The predicted molar refractivity (Wildman–Crippen MR) is 153 cm³/mol. The molecule has 38 heavy (non-hydrogen) atoms. The van der Waals surface area contributed by atoms with Gasteiger partial charge in [0.1, 0.15) is 5.82 Å². The molecule has 2 fully saturated rings. The van der Waals surface area contributed by atoms with E-state index in [9.17, 15) is 5.11 Å². The summed E-state index contributed by atoms with van der Waals surface area (Å²) < 4.78 is 1.11. The van der Waals surface area contributed by atoms with Gasteiger partial charge in [0.2, 0.25) is 5.95 Å². The smallest absolute Gasteiger partial charge is 0.224 e. The molecule has 1 aliphatic carbocycles. The first-order chi connectivity index (χ1) is 18.6. The van der Waals surface area contributed by atoms with Crippen molar-refractivity contribution in [3.63, 3.8) is 0 Å². The lowest BCUT2D eigenvalue weighted by molar-refractivity contribution is 0.126. The van der Waals surface area contributed by atoms with E-state index < -0.39 is 0 Å². The minimum absolute atomic E-state index is 0.177. The van der Waals surface area contributed by atoms with Crippen LogP contribution >= 0.6 is 11.3 Å². The number of aliphatic hydroxyl groups is 1. The Labute approximate surface area is 227 Å². The lowest BCUT2D eigenvalue weighted by Gasteiger charge is -2.32. The third kappa shape index (κ3) is 6.10. The summed E-state index contributed by atoms with van der Waals surface area (Å²) in [6.45, 7) is 5.35. The molecule has 3 aromatic heterocycles. The first-order valence-corrected chi connectivity index (χ1v) is 14.2. The van der Waals surface area contributed by atoms with Crippen LogP contribution in [0.3, 0.4) is 0 Å². The molecule has 10 heteroatoms. The molecule has 4 heterocycles. The molecule has 2 aliphatic rings. The second-order valence-corrected chi connectivity index (χ2v) is 11.4. The fourth-order valence-electron chi connectivity index (χ4n) is 5.16. The molecule has 0 amide bonds. The molecule has 1 saturated heterocycles. The molecule has 0 atom stereocenters. The van der Waals surface area contributed by atoms with E-state index in [2.05, 4.69) is 66.7 Å². The van der Waals surface area contributed by atoms with Crippen LogP contribution in [0, 0.1) is 0 Å². The van der Waals surface area contributed by atoms with Crippen molar-refractivity contribution in [2.24, 2.45) is 0 Å². The average Bonchev–Trinajstić information content (AvgIpc) is 3.33. The molecule has 1 aromatic carbocycles. The van der Waals surface area contributed by atoms with Gasteiger partial charge in [0, 0.05) is 62.9 Å². The minimum Gasteiger partial charge on any atom is -0.393 e. The fraction of sp³-hybridized carbons (Fsp3) is 0.429. The second kappa shape index (κ2) is 11.3. The molecule has 9 nitrogen and oxygen atoms in total. The van der Waals surface area contributed by atoms with Crippen molar-refractivity contribution in [3.05, 3.63) is 54.5 Å². The Morgan fingerprint density at radius 2 is 1.82 bits per heavy atom. The number of rotatable bonds is 7. The third-order valence-corrected chi connectivity index (χ3v) is 8.37. The zero-order chi connectivity index (χ0) is 25.9. The molecule has 0 spiro atoms. The maximum Gasteiger partial charge on any atom is 0.224 e. The topological polar surface area (TPSA) is 102 Å². The van der Waals surface area contributed by atoms with Crippen molar-refractivity contribution < 1.29 is 5.11 Å². The van der Waals surface area contributed by atoms with Crippen LogP contribution in [0.1, 0.15) is 31.2 Å². The average molecular weight is 531 g/mol. The molecule has 0 unspecified atom stereocenters. The highest BCUT2D eigenvalue weighted by molar-refractivity contribution is 7.22. The summed E-state index contributed by atoms with van der Waals surface area (Å²) in [5.41, 5.74) is 4.47. The normalized spacial score (nSPS) is 21.0. The Morgan fingerprint density at radius 3 is 2.66 bits per heavy atom. The maximum absolute atomic E-state index is 9.74. The summed E-state index contributed by atoms with van der Waals surface area (Å²) in [6.07, 6.45) is 8.99. The van der Waals surface area contributed by atoms with E-state index in [0.717, 1.165) is 84.9 Å². The fourth-order valence-corrected chi connectivity index (χ4v) is 6.08. The Morgan fingerprint density at radius 1 is 0.974 bits per heavy atom. The van der Waals surface area contributed by atoms with Crippen LogP contribution in [0.4, 0.5) is 16.9 Å².